The second kappa shape index (κ2) is 13.5. The van der Waals surface area contributed by atoms with E-state index in [-0.39, 0.29) is 4.90 Å². The molecule has 0 saturated heterocycles. The Balaban J connectivity index is 1.47. The molecule has 1 N–H and O–H groups in total. The number of anilines is 1. The van der Waals surface area contributed by atoms with Crippen molar-refractivity contribution >= 4 is 49.7 Å². The molecule has 0 radical (unpaired) electrons. The summed E-state index contributed by atoms with van der Waals surface area (Å²) in [5.41, 5.74) is 4.77. The molecule has 0 aliphatic rings. The first-order chi connectivity index (χ1) is 20.1. The third-order valence-electron chi connectivity index (χ3n) is 6.01. The van der Waals surface area contributed by atoms with Crippen LogP contribution in [0.5, 0.6) is 5.75 Å². The van der Waals surface area contributed by atoms with Crippen molar-refractivity contribution in [1.82, 2.24) is 5.43 Å². The van der Waals surface area contributed by atoms with E-state index < -0.39 is 28.4 Å². The van der Waals surface area contributed by atoms with Gasteiger partial charge < -0.3 is 13.9 Å². The fraction of sp³-hybridized carbons (Fsp3) is 0.167. The molecule has 1 heterocycles. The number of carbonyl (C=O) groups is 2. The number of nitrogens with zero attached hydrogens (tertiary/aromatic N) is 2. The van der Waals surface area contributed by atoms with Crippen molar-refractivity contribution in [1.29, 1.82) is 0 Å². The molecule has 0 aliphatic carbocycles. The molecule has 0 spiro atoms. The van der Waals surface area contributed by atoms with Gasteiger partial charge in [-0.25, -0.2) is 18.6 Å². The largest absolute Gasteiger partial charge is 0.496 e. The molecule has 12 heteroatoms. The molecule has 0 unspecified atom stereocenters. The van der Waals surface area contributed by atoms with Crippen LogP contribution in [0.3, 0.4) is 0 Å². The van der Waals surface area contributed by atoms with Gasteiger partial charge in [0.05, 0.1) is 40.6 Å². The van der Waals surface area contributed by atoms with E-state index in [9.17, 15) is 18.0 Å². The van der Waals surface area contributed by atoms with Gasteiger partial charge in [0, 0.05) is 5.56 Å². The van der Waals surface area contributed by atoms with Crippen LogP contribution >= 0.6 is 15.9 Å². The molecule has 4 rings (SSSR count). The molecular formula is C30H28BrN3O7S. The summed E-state index contributed by atoms with van der Waals surface area (Å²) < 4.78 is 44.7. The zero-order valence-corrected chi connectivity index (χ0v) is 25.4. The van der Waals surface area contributed by atoms with Crippen molar-refractivity contribution in [3.63, 3.8) is 0 Å². The third kappa shape index (κ3) is 7.25. The van der Waals surface area contributed by atoms with Gasteiger partial charge in [-0.3, -0.25) is 9.10 Å². The average Bonchev–Trinajstić information content (AvgIpc) is 3.45. The van der Waals surface area contributed by atoms with E-state index in [4.69, 9.17) is 13.9 Å². The molecule has 0 bridgehead atoms. The highest BCUT2D eigenvalue weighted by atomic mass is 79.9. The Morgan fingerprint density at radius 3 is 2.38 bits per heavy atom. The van der Waals surface area contributed by atoms with Crippen LogP contribution in [-0.2, 0) is 19.6 Å². The molecule has 218 valence electrons. The van der Waals surface area contributed by atoms with Crippen molar-refractivity contribution in [3.8, 4) is 17.1 Å². The number of hydrazone groups is 1. The summed E-state index contributed by atoms with van der Waals surface area (Å²) in [6.45, 7) is 3.38. The highest BCUT2D eigenvalue weighted by Crippen LogP contribution is 2.31. The number of amides is 1. The maximum Gasteiger partial charge on any atom is 0.338 e. The normalized spacial score (nSPS) is 11.3. The summed E-state index contributed by atoms with van der Waals surface area (Å²) in [6.07, 6.45) is 1.31. The molecule has 42 heavy (non-hydrogen) atoms. The number of furan rings is 1. The summed E-state index contributed by atoms with van der Waals surface area (Å²) >= 11 is 3.32. The molecule has 1 amide bonds. The van der Waals surface area contributed by atoms with Crippen LogP contribution in [-0.4, -0.2) is 46.8 Å². The monoisotopic (exact) mass is 653 g/mol. The van der Waals surface area contributed by atoms with E-state index in [1.165, 1.54) is 31.5 Å². The average molecular weight is 655 g/mol. The number of carbonyl (C=O) groups excluding carboxylic acids is 2. The first-order valence-electron chi connectivity index (χ1n) is 12.7. The topological polar surface area (TPSA) is 128 Å². The van der Waals surface area contributed by atoms with Gasteiger partial charge >= 0.3 is 5.97 Å². The first-order valence-corrected chi connectivity index (χ1v) is 15.0. The number of hydrogen-bond acceptors (Lipinski definition) is 8. The van der Waals surface area contributed by atoms with Crippen molar-refractivity contribution in [2.75, 3.05) is 24.6 Å². The Morgan fingerprint density at radius 2 is 1.74 bits per heavy atom. The second-order valence-electron chi connectivity index (χ2n) is 8.94. The quantitative estimate of drug-likeness (QED) is 0.128. The number of benzene rings is 3. The SMILES string of the molecule is CCOC(=O)c1ccc(-c2ccc(/C=N\NC(=O)CN(c3ccc(C)cc3)S(=O)(=O)c3ccc(OC)c(Br)c3)o2)cc1. The van der Waals surface area contributed by atoms with Gasteiger partial charge in [-0.2, -0.15) is 5.10 Å². The Labute approximate surface area is 252 Å². The van der Waals surface area contributed by atoms with Crippen molar-refractivity contribution in [2.45, 2.75) is 18.7 Å². The molecule has 10 nitrogen and oxygen atoms in total. The predicted octanol–water partition coefficient (Wildman–Crippen LogP) is 5.55. The molecule has 0 saturated carbocycles. The highest BCUT2D eigenvalue weighted by molar-refractivity contribution is 9.10. The minimum Gasteiger partial charge on any atom is -0.496 e. The van der Waals surface area contributed by atoms with Crippen LogP contribution in [0.1, 0.15) is 28.6 Å². The summed E-state index contributed by atoms with van der Waals surface area (Å²) in [5, 5.41) is 3.93. The predicted molar refractivity (Wildman–Crippen MR) is 162 cm³/mol. The summed E-state index contributed by atoms with van der Waals surface area (Å²) in [4.78, 5) is 24.7. The van der Waals surface area contributed by atoms with Gasteiger partial charge in [-0.1, -0.05) is 29.8 Å². The van der Waals surface area contributed by atoms with E-state index >= 15 is 0 Å². The van der Waals surface area contributed by atoms with E-state index in [1.807, 2.05) is 6.92 Å². The summed E-state index contributed by atoms with van der Waals surface area (Å²) in [5.74, 6) is 0.283. The van der Waals surface area contributed by atoms with Crippen LogP contribution in [0.15, 0.2) is 97.7 Å². The third-order valence-corrected chi connectivity index (χ3v) is 8.40. The van der Waals surface area contributed by atoms with Crippen LogP contribution in [0.4, 0.5) is 5.69 Å². The minimum atomic E-state index is -4.14. The fourth-order valence-corrected chi connectivity index (χ4v) is 6.00. The maximum absolute atomic E-state index is 13.6. The number of ether oxygens (including phenoxy) is 2. The van der Waals surface area contributed by atoms with E-state index in [0.29, 0.717) is 39.6 Å². The van der Waals surface area contributed by atoms with Crippen LogP contribution in [0.25, 0.3) is 11.3 Å². The molecule has 0 fully saturated rings. The van der Waals surface area contributed by atoms with Crippen LogP contribution in [0, 0.1) is 6.92 Å². The van der Waals surface area contributed by atoms with Crippen molar-refractivity contribution in [2.24, 2.45) is 5.10 Å². The Morgan fingerprint density at radius 1 is 1.02 bits per heavy atom. The maximum atomic E-state index is 13.6. The van der Waals surface area contributed by atoms with Gasteiger partial charge in [-0.05, 0) is 84.4 Å². The number of rotatable bonds is 11. The molecule has 1 aromatic heterocycles. The fourth-order valence-electron chi connectivity index (χ4n) is 3.86. The number of aryl methyl sites for hydroxylation is 1. The van der Waals surface area contributed by atoms with Crippen LogP contribution < -0.4 is 14.5 Å². The minimum absolute atomic E-state index is 0.0227. The summed E-state index contributed by atoms with van der Waals surface area (Å²) in [7, 11) is -2.66. The number of sulfonamides is 1. The number of methoxy groups -OCH3 is 1. The number of nitrogens with one attached hydrogen (secondary N) is 1. The molecule has 3 aromatic carbocycles. The van der Waals surface area contributed by atoms with Crippen molar-refractivity contribution in [3.05, 3.63) is 100 Å². The zero-order valence-electron chi connectivity index (χ0n) is 23.0. The molecule has 0 aliphatic heterocycles. The standard InChI is InChI=1S/C30H28BrN3O7S/c1-4-40-30(36)22-9-7-21(8-10-22)27-15-13-24(41-27)18-32-33-29(35)19-34(23-11-5-20(2)6-12-23)42(37,38)25-14-16-28(39-3)26(31)17-25/h5-18H,4,19H2,1-3H3,(H,33,35)/b32-18-. The number of halogens is 1. The lowest BCUT2D eigenvalue weighted by Gasteiger charge is -2.24. The molecule has 4 aromatic rings. The van der Waals surface area contributed by atoms with E-state index in [0.717, 1.165) is 15.4 Å². The highest BCUT2D eigenvalue weighted by Gasteiger charge is 2.28. The lowest BCUT2D eigenvalue weighted by molar-refractivity contribution is -0.119. The number of hydrogen-bond donors (Lipinski definition) is 1. The van der Waals surface area contributed by atoms with E-state index in [2.05, 4.69) is 26.5 Å². The number of esters is 1. The van der Waals surface area contributed by atoms with Gasteiger partial charge in [0.25, 0.3) is 15.9 Å². The molecular weight excluding hydrogens is 626 g/mol. The van der Waals surface area contributed by atoms with E-state index in [1.54, 1.807) is 67.6 Å². The Bertz CT molecular complexity index is 1700. The Hall–Kier alpha value is -4.42. The molecule has 0 atom stereocenters. The van der Waals surface area contributed by atoms with Gasteiger partial charge in [-0.15, -0.1) is 0 Å². The summed E-state index contributed by atoms with van der Waals surface area (Å²) in [6, 6.07) is 21.3. The lowest BCUT2D eigenvalue weighted by atomic mass is 10.1. The van der Waals surface area contributed by atoms with Gasteiger partial charge in [0.15, 0.2) is 0 Å². The lowest BCUT2D eigenvalue weighted by Crippen LogP contribution is -2.39. The second-order valence-corrected chi connectivity index (χ2v) is 11.7. The Kier molecular flexibility index (Phi) is 9.81. The van der Waals surface area contributed by atoms with Crippen molar-refractivity contribution < 1.29 is 31.9 Å². The zero-order chi connectivity index (χ0) is 30.3. The van der Waals surface area contributed by atoms with Gasteiger partial charge in [0.1, 0.15) is 23.8 Å². The van der Waals surface area contributed by atoms with Crippen LogP contribution in [0.2, 0.25) is 0 Å². The van der Waals surface area contributed by atoms with Gasteiger partial charge in [0.2, 0.25) is 0 Å². The smallest absolute Gasteiger partial charge is 0.338 e. The first kappa shape index (κ1) is 30.5.